The third-order valence-electron chi connectivity index (χ3n) is 2.86. The Bertz CT molecular complexity index is 721. The van der Waals surface area contributed by atoms with Gasteiger partial charge in [-0.3, -0.25) is 14.3 Å². The predicted octanol–water partition coefficient (Wildman–Crippen LogP) is 0.932. The maximum atomic E-state index is 12.7. The van der Waals surface area contributed by atoms with Crippen molar-refractivity contribution in [1.29, 1.82) is 0 Å². The van der Waals surface area contributed by atoms with Gasteiger partial charge in [0.25, 0.3) is 11.8 Å². The van der Waals surface area contributed by atoms with Crippen molar-refractivity contribution in [1.82, 2.24) is 24.9 Å². The van der Waals surface area contributed by atoms with E-state index in [0.29, 0.717) is 4.68 Å². The summed E-state index contributed by atoms with van der Waals surface area (Å²) in [5.74, 6) is -1.19. The molecule has 0 bridgehead atoms. The van der Waals surface area contributed by atoms with Crippen molar-refractivity contribution in [2.24, 2.45) is 7.05 Å². The second-order valence-electron chi connectivity index (χ2n) is 4.49. The number of aryl methyl sites for hydroxylation is 2. The lowest BCUT2D eigenvalue weighted by molar-refractivity contribution is 0.0540. The molecule has 0 unspecified atom stereocenters. The maximum absolute atomic E-state index is 12.7. The summed E-state index contributed by atoms with van der Waals surface area (Å²) in [6, 6.07) is 1.23. The summed E-state index contributed by atoms with van der Waals surface area (Å²) in [4.78, 5) is 23.7. The van der Waals surface area contributed by atoms with Crippen LogP contribution in [0.25, 0.3) is 0 Å². The molecule has 22 heavy (non-hydrogen) atoms. The Balaban J connectivity index is 2.26. The van der Waals surface area contributed by atoms with E-state index < -0.39 is 18.4 Å². The lowest BCUT2D eigenvalue weighted by atomic mass is 10.3. The maximum Gasteiger partial charge on any atom is 0.333 e. The molecular formula is C12H14F2N6O2. The Morgan fingerprint density at radius 1 is 1.27 bits per heavy atom. The number of amides is 2. The number of carbonyl (C=O) groups excluding carboxylic acids is 2. The minimum absolute atomic E-state index is 0.0170. The van der Waals surface area contributed by atoms with Crippen molar-refractivity contribution >= 4 is 17.5 Å². The highest BCUT2D eigenvalue weighted by molar-refractivity contribution is 6.07. The average Bonchev–Trinajstić information content (AvgIpc) is 3.01. The van der Waals surface area contributed by atoms with Crippen LogP contribution in [0.3, 0.4) is 0 Å². The van der Waals surface area contributed by atoms with E-state index in [2.05, 4.69) is 20.8 Å². The van der Waals surface area contributed by atoms with Crippen LogP contribution in [-0.2, 0) is 7.05 Å². The van der Waals surface area contributed by atoms with Crippen LogP contribution in [-0.4, -0.2) is 38.4 Å². The number of hydrogen-bond donors (Lipinski definition) is 2. The van der Waals surface area contributed by atoms with Crippen molar-refractivity contribution in [3.63, 3.8) is 0 Å². The fraction of sp³-hybridized carbons (Fsp3) is 0.333. The third kappa shape index (κ3) is 2.95. The summed E-state index contributed by atoms with van der Waals surface area (Å²) in [6.07, 6.45) is 1.43. The SMILES string of the molecule is CNC(=O)c1nn(C)cc1NC(=O)c1cc(C)n(C(F)F)n1. The molecule has 2 aromatic heterocycles. The number of hydrogen-bond acceptors (Lipinski definition) is 4. The van der Waals surface area contributed by atoms with Crippen LogP contribution in [0.2, 0.25) is 0 Å². The van der Waals surface area contributed by atoms with Crippen molar-refractivity contribution in [3.05, 3.63) is 29.3 Å². The molecule has 8 nitrogen and oxygen atoms in total. The van der Waals surface area contributed by atoms with E-state index in [1.54, 1.807) is 7.05 Å². The quantitative estimate of drug-likeness (QED) is 0.878. The molecule has 2 N–H and O–H groups in total. The van der Waals surface area contributed by atoms with Gasteiger partial charge < -0.3 is 10.6 Å². The van der Waals surface area contributed by atoms with Crippen molar-refractivity contribution in [2.75, 3.05) is 12.4 Å². The Morgan fingerprint density at radius 3 is 2.50 bits per heavy atom. The Kier molecular flexibility index (Phi) is 4.20. The molecule has 0 aliphatic rings. The van der Waals surface area contributed by atoms with Gasteiger partial charge in [0.05, 0.1) is 5.69 Å². The minimum Gasteiger partial charge on any atom is -0.354 e. The van der Waals surface area contributed by atoms with Crippen LogP contribution in [0.4, 0.5) is 14.5 Å². The van der Waals surface area contributed by atoms with Gasteiger partial charge in [-0.2, -0.15) is 19.0 Å². The number of aromatic nitrogens is 4. The summed E-state index contributed by atoms with van der Waals surface area (Å²) in [5, 5.41) is 12.3. The molecule has 0 atom stereocenters. The minimum atomic E-state index is -2.83. The van der Waals surface area contributed by atoms with Gasteiger partial charge in [0.15, 0.2) is 11.4 Å². The zero-order valence-corrected chi connectivity index (χ0v) is 12.1. The monoisotopic (exact) mass is 312 g/mol. The number of halogens is 2. The molecule has 0 radical (unpaired) electrons. The molecule has 0 saturated carbocycles. The first-order chi connectivity index (χ1) is 10.3. The summed E-state index contributed by atoms with van der Waals surface area (Å²) in [5.41, 5.74) is 0.154. The smallest absolute Gasteiger partial charge is 0.333 e. The van der Waals surface area contributed by atoms with E-state index in [-0.39, 0.29) is 22.8 Å². The first-order valence-corrected chi connectivity index (χ1v) is 6.25. The van der Waals surface area contributed by atoms with Crippen molar-refractivity contribution < 1.29 is 18.4 Å². The van der Waals surface area contributed by atoms with Gasteiger partial charge in [-0.1, -0.05) is 0 Å². The molecule has 0 saturated heterocycles. The van der Waals surface area contributed by atoms with E-state index in [9.17, 15) is 18.4 Å². The highest BCUT2D eigenvalue weighted by Gasteiger charge is 2.21. The van der Waals surface area contributed by atoms with E-state index in [0.717, 1.165) is 0 Å². The van der Waals surface area contributed by atoms with Crippen LogP contribution in [0, 0.1) is 6.92 Å². The first-order valence-electron chi connectivity index (χ1n) is 6.25. The van der Waals surface area contributed by atoms with Crippen LogP contribution >= 0.6 is 0 Å². The molecule has 10 heteroatoms. The van der Waals surface area contributed by atoms with Gasteiger partial charge in [0, 0.05) is 26.0 Å². The van der Waals surface area contributed by atoms with Crippen LogP contribution in [0.1, 0.15) is 33.2 Å². The van der Waals surface area contributed by atoms with E-state index in [4.69, 9.17) is 0 Å². The fourth-order valence-corrected chi connectivity index (χ4v) is 1.85. The standard InChI is InChI=1S/C12H14F2N6O2/c1-6-4-7(17-20(6)12(13)14)10(21)16-8-5-19(3)18-9(8)11(22)15-2/h4-5,12H,1-3H3,(H,15,22)(H,16,21). The number of nitrogens with one attached hydrogen (secondary N) is 2. The summed E-state index contributed by atoms with van der Waals surface area (Å²) < 4.78 is 27.1. The average molecular weight is 312 g/mol. The number of alkyl halides is 2. The van der Waals surface area contributed by atoms with Crippen LogP contribution in [0.5, 0.6) is 0 Å². The lowest BCUT2D eigenvalue weighted by Crippen LogP contribution is -2.21. The van der Waals surface area contributed by atoms with Crippen molar-refractivity contribution in [2.45, 2.75) is 13.5 Å². The highest BCUT2D eigenvalue weighted by Crippen LogP contribution is 2.17. The van der Waals surface area contributed by atoms with Crippen molar-refractivity contribution in [3.8, 4) is 0 Å². The number of nitrogens with zero attached hydrogens (tertiary/aromatic N) is 4. The number of rotatable bonds is 4. The van der Waals surface area contributed by atoms with Gasteiger partial charge >= 0.3 is 6.55 Å². The van der Waals surface area contributed by atoms with Gasteiger partial charge in [-0.15, -0.1) is 0 Å². The highest BCUT2D eigenvalue weighted by atomic mass is 19.3. The zero-order chi connectivity index (χ0) is 16.4. The fourth-order valence-electron chi connectivity index (χ4n) is 1.85. The van der Waals surface area contributed by atoms with Gasteiger partial charge in [0.2, 0.25) is 0 Å². The summed E-state index contributed by atoms with van der Waals surface area (Å²) >= 11 is 0. The lowest BCUT2D eigenvalue weighted by Gasteiger charge is -2.03. The van der Waals surface area contributed by atoms with Crippen LogP contribution < -0.4 is 10.6 Å². The molecule has 0 aromatic carbocycles. The molecule has 0 spiro atoms. The molecule has 0 aliphatic heterocycles. The summed E-state index contributed by atoms with van der Waals surface area (Å²) in [7, 11) is 3.01. The molecule has 118 valence electrons. The topological polar surface area (TPSA) is 93.8 Å². The van der Waals surface area contributed by atoms with Gasteiger partial charge in [0.1, 0.15) is 0 Å². The van der Waals surface area contributed by atoms with Crippen LogP contribution in [0.15, 0.2) is 12.3 Å². The normalized spacial score (nSPS) is 10.8. The molecule has 2 aromatic rings. The Hall–Kier alpha value is -2.78. The number of carbonyl (C=O) groups is 2. The molecule has 2 amide bonds. The molecule has 2 heterocycles. The second-order valence-corrected chi connectivity index (χ2v) is 4.49. The second kappa shape index (κ2) is 5.92. The third-order valence-corrected chi connectivity index (χ3v) is 2.86. The Morgan fingerprint density at radius 2 is 1.95 bits per heavy atom. The van der Waals surface area contributed by atoms with Gasteiger partial charge in [-0.05, 0) is 13.0 Å². The molecular weight excluding hydrogens is 298 g/mol. The van der Waals surface area contributed by atoms with E-state index >= 15 is 0 Å². The molecule has 0 aliphatic carbocycles. The number of anilines is 1. The zero-order valence-electron chi connectivity index (χ0n) is 12.1. The van der Waals surface area contributed by atoms with E-state index in [1.807, 2.05) is 0 Å². The predicted molar refractivity (Wildman–Crippen MR) is 72.8 cm³/mol. The molecule has 0 fully saturated rings. The van der Waals surface area contributed by atoms with E-state index in [1.165, 1.54) is 30.9 Å². The summed E-state index contributed by atoms with van der Waals surface area (Å²) in [6.45, 7) is -1.42. The molecule has 2 rings (SSSR count). The Labute approximate surface area is 124 Å². The largest absolute Gasteiger partial charge is 0.354 e. The van der Waals surface area contributed by atoms with Gasteiger partial charge in [-0.25, -0.2) is 4.68 Å². The first kappa shape index (κ1) is 15.6.